The van der Waals surface area contributed by atoms with Crippen molar-refractivity contribution >= 4 is 24.2 Å². The van der Waals surface area contributed by atoms with Gasteiger partial charge in [0.1, 0.15) is 0 Å². The quantitative estimate of drug-likeness (QED) is 0.829. The Balaban J connectivity index is 2.47. The van der Waals surface area contributed by atoms with E-state index in [9.17, 15) is 9.59 Å². The highest BCUT2D eigenvalue weighted by Crippen LogP contribution is 2.30. The predicted octanol–water partition coefficient (Wildman–Crippen LogP) is 3.44. The first-order valence-corrected chi connectivity index (χ1v) is 6.22. The molecule has 0 unspecified atom stereocenters. The SMILES string of the molecule is CCCCC1=C(S)C(=O)c2ccccc2C1=O. The second-order valence-electron chi connectivity index (χ2n) is 4.13. The number of carbonyl (C=O) groups is 2. The largest absolute Gasteiger partial charge is 0.289 e. The molecule has 1 aliphatic carbocycles. The molecule has 2 rings (SSSR count). The molecule has 3 heteroatoms. The number of rotatable bonds is 3. The van der Waals surface area contributed by atoms with Crippen LogP contribution in [0.25, 0.3) is 0 Å². The second kappa shape index (κ2) is 4.88. The Hall–Kier alpha value is -1.35. The average Bonchev–Trinajstić information content (AvgIpc) is 2.36. The fraction of sp³-hybridized carbons (Fsp3) is 0.286. The van der Waals surface area contributed by atoms with Crippen LogP contribution >= 0.6 is 12.6 Å². The van der Waals surface area contributed by atoms with Gasteiger partial charge < -0.3 is 0 Å². The van der Waals surface area contributed by atoms with E-state index >= 15 is 0 Å². The van der Waals surface area contributed by atoms with Crippen LogP contribution in [0.2, 0.25) is 0 Å². The molecule has 0 saturated carbocycles. The Morgan fingerprint density at radius 2 is 1.65 bits per heavy atom. The van der Waals surface area contributed by atoms with Gasteiger partial charge in [-0.15, -0.1) is 12.6 Å². The number of ketones is 2. The third kappa shape index (κ3) is 2.07. The van der Waals surface area contributed by atoms with E-state index in [4.69, 9.17) is 0 Å². The van der Waals surface area contributed by atoms with Crippen LogP contribution in [-0.4, -0.2) is 11.6 Å². The number of allylic oxidation sites excluding steroid dienone is 2. The molecular formula is C14H14O2S. The van der Waals surface area contributed by atoms with E-state index in [1.807, 2.05) is 0 Å². The number of unbranched alkanes of at least 4 members (excludes halogenated alkanes) is 1. The van der Waals surface area contributed by atoms with Gasteiger partial charge >= 0.3 is 0 Å². The Morgan fingerprint density at radius 3 is 2.24 bits per heavy atom. The number of hydrogen-bond acceptors (Lipinski definition) is 3. The molecule has 0 N–H and O–H groups in total. The molecule has 0 amide bonds. The van der Waals surface area contributed by atoms with Gasteiger partial charge in [0.2, 0.25) is 0 Å². The number of hydrogen-bond donors (Lipinski definition) is 1. The first kappa shape index (κ1) is 12.1. The lowest BCUT2D eigenvalue weighted by Gasteiger charge is -2.17. The first-order valence-electron chi connectivity index (χ1n) is 5.77. The van der Waals surface area contributed by atoms with Gasteiger partial charge in [-0.1, -0.05) is 37.6 Å². The summed E-state index contributed by atoms with van der Waals surface area (Å²) < 4.78 is 0. The highest BCUT2D eigenvalue weighted by molar-refractivity contribution is 7.85. The zero-order chi connectivity index (χ0) is 12.4. The minimum absolute atomic E-state index is 0.0429. The minimum atomic E-state index is -0.130. The van der Waals surface area contributed by atoms with E-state index in [1.54, 1.807) is 24.3 Å². The first-order chi connectivity index (χ1) is 8.16. The zero-order valence-corrected chi connectivity index (χ0v) is 10.6. The van der Waals surface area contributed by atoms with Crippen LogP contribution in [0.4, 0.5) is 0 Å². The van der Waals surface area contributed by atoms with Crippen LogP contribution in [0.5, 0.6) is 0 Å². The number of carbonyl (C=O) groups excluding carboxylic acids is 2. The van der Waals surface area contributed by atoms with Gasteiger partial charge in [-0.2, -0.15) is 0 Å². The second-order valence-corrected chi connectivity index (χ2v) is 4.58. The molecule has 0 bridgehead atoms. The van der Waals surface area contributed by atoms with Gasteiger partial charge in [-0.05, 0) is 12.8 Å². The van der Waals surface area contributed by atoms with Gasteiger partial charge in [0.25, 0.3) is 0 Å². The van der Waals surface area contributed by atoms with Crippen molar-refractivity contribution in [2.24, 2.45) is 0 Å². The lowest BCUT2D eigenvalue weighted by atomic mass is 9.87. The van der Waals surface area contributed by atoms with Crippen molar-refractivity contribution in [3.63, 3.8) is 0 Å². The maximum Gasteiger partial charge on any atom is 0.200 e. The topological polar surface area (TPSA) is 34.1 Å². The van der Waals surface area contributed by atoms with E-state index in [2.05, 4.69) is 19.6 Å². The smallest absolute Gasteiger partial charge is 0.200 e. The van der Waals surface area contributed by atoms with Crippen LogP contribution in [0.3, 0.4) is 0 Å². The van der Waals surface area contributed by atoms with E-state index in [0.717, 1.165) is 12.8 Å². The highest BCUT2D eigenvalue weighted by atomic mass is 32.1. The van der Waals surface area contributed by atoms with E-state index < -0.39 is 0 Å². The Bertz CT molecular complexity index is 515. The summed E-state index contributed by atoms with van der Waals surface area (Å²) >= 11 is 4.22. The fourth-order valence-electron chi connectivity index (χ4n) is 2.00. The summed E-state index contributed by atoms with van der Waals surface area (Å²) in [7, 11) is 0. The molecule has 1 aromatic rings. The predicted molar refractivity (Wildman–Crippen MR) is 70.6 cm³/mol. The molecule has 0 spiro atoms. The van der Waals surface area contributed by atoms with E-state index in [1.165, 1.54) is 0 Å². The monoisotopic (exact) mass is 246 g/mol. The molecule has 88 valence electrons. The number of Topliss-reactive ketones (excluding diaryl/α,β-unsaturated/α-hetero) is 2. The third-order valence-corrected chi connectivity index (χ3v) is 3.44. The number of fused-ring (bicyclic) bond motifs is 1. The molecule has 0 aliphatic heterocycles. The van der Waals surface area contributed by atoms with Gasteiger partial charge in [-0.3, -0.25) is 9.59 Å². The van der Waals surface area contributed by atoms with Crippen molar-refractivity contribution < 1.29 is 9.59 Å². The standard InChI is InChI=1S/C14H14O2S/c1-2-3-6-11-12(15)9-7-4-5-8-10(9)13(16)14(11)17/h4-5,7-8,17H,2-3,6H2,1H3. The Kier molecular flexibility index (Phi) is 3.48. The van der Waals surface area contributed by atoms with Crippen LogP contribution in [0, 0.1) is 0 Å². The molecule has 17 heavy (non-hydrogen) atoms. The van der Waals surface area contributed by atoms with Gasteiger partial charge in [-0.25, -0.2) is 0 Å². The summed E-state index contributed by atoms with van der Waals surface area (Å²) in [6.07, 6.45) is 2.53. The molecule has 0 aromatic heterocycles. The lowest BCUT2D eigenvalue weighted by Crippen LogP contribution is -2.19. The van der Waals surface area contributed by atoms with Crippen molar-refractivity contribution in [3.05, 3.63) is 45.9 Å². The van der Waals surface area contributed by atoms with E-state index in [-0.39, 0.29) is 11.6 Å². The number of thiol groups is 1. The van der Waals surface area contributed by atoms with E-state index in [0.29, 0.717) is 28.0 Å². The summed E-state index contributed by atoms with van der Waals surface area (Å²) in [4.78, 5) is 24.6. The maximum atomic E-state index is 12.2. The molecule has 0 fully saturated rings. The molecule has 0 heterocycles. The summed E-state index contributed by atoms with van der Waals surface area (Å²) in [5.74, 6) is -0.173. The summed E-state index contributed by atoms with van der Waals surface area (Å²) in [6, 6.07) is 6.94. The van der Waals surface area contributed by atoms with Crippen molar-refractivity contribution in [1.29, 1.82) is 0 Å². The van der Waals surface area contributed by atoms with Gasteiger partial charge in [0.05, 0.1) is 4.91 Å². The summed E-state index contributed by atoms with van der Waals surface area (Å²) in [5, 5.41) is 0. The number of benzene rings is 1. The molecule has 1 aliphatic rings. The lowest BCUT2D eigenvalue weighted by molar-refractivity contribution is 0.0978. The van der Waals surface area contributed by atoms with Crippen molar-refractivity contribution in [2.45, 2.75) is 26.2 Å². The molecule has 0 saturated heterocycles. The van der Waals surface area contributed by atoms with Gasteiger partial charge in [0, 0.05) is 16.7 Å². The summed E-state index contributed by atoms with van der Waals surface area (Å²) in [6.45, 7) is 2.06. The normalized spacial score (nSPS) is 15.2. The van der Waals surface area contributed by atoms with Crippen LogP contribution in [-0.2, 0) is 0 Å². The average molecular weight is 246 g/mol. The van der Waals surface area contributed by atoms with Crippen molar-refractivity contribution in [3.8, 4) is 0 Å². The maximum absolute atomic E-state index is 12.2. The van der Waals surface area contributed by atoms with Crippen LogP contribution in [0.1, 0.15) is 46.9 Å². The zero-order valence-electron chi connectivity index (χ0n) is 9.69. The van der Waals surface area contributed by atoms with Crippen molar-refractivity contribution in [2.75, 3.05) is 0 Å². The fourth-order valence-corrected chi connectivity index (χ4v) is 2.33. The van der Waals surface area contributed by atoms with Crippen LogP contribution < -0.4 is 0 Å². The Labute approximate surface area is 106 Å². The Morgan fingerprint density at radius 1 is 1.06 bits per heavy atom. The minimum Gasteiger partial charge on any atom is -0.289 e. The third-order valence-electron chi connectivity index (χ3n) is 2.97. The molecule has 0 atom stereocenters. The highest BCUT2D eigenvalue weighted by Gasteiger charge is 2.29. The molecule has 1 aromatic carbocycles. The molecular weight excluding hydrogens is 232 g/mol. The van der Waals surface area contributed by atoms with Crippen LogP contribution in [0.15, 0.2) is 34.7 Å². The van der Waals surface area contributed by atoms with Crippen molar-refractivity contribution in [1.82, 2.24) is 0 Å². The van der Waals surface area contributed by atoms with Gasteiger partial charge in [0.15, 0.2) is 11.6 Å². The molecule has 0 radical (unpaired) electrons. The molecule has 2 nitrogen and oxygen atoms in total. The summed E-state index contributed by atoms with van der Waals surface area (Å²) in [5.41, 5.74) is 1.56.